The fourth-order valence-corrected chi connectivity index (χ4v) is 1.89. The van der Waals surface area contributed by atoms with Gasteiger partial charge < -0.3 is 0 Å². The van der Waals surface area contributed by atoms with Crippen LogP contribution in [0.15, 0.2) is 47.6 Å². The lowest BCUT2D eigenvalue weighted by Gasteiger charge is -2.00. The first kappa shape index (κ1) is 14.5. The number of carbonyl (C=O) groups is 1. The molecule has 6 heteroatoms. The highest BCUT2D eigenvalue weighted by atomic mass is 35.5. The van der Waals surface area contributed by atoms with Gasteiger partial charge in [0.15, 0.2) is 0 Å². The topological polar surface area (TPSA) is 41.5 Å². The minimum absolute atomic E-state index is 0.311. The average molecular weight is 311 g/mol. The molecule has 0 aliphatic rings. The van der Waals surface area contributed by atoms with Crippen molar-refractivity contribution in [2.45, 2.75) is 0 Å². The quantitative estimate of drug-likeness (QED) is 0.678. The molecule has 2 aromatic carbocycles. The molecule has 1 amide bonds. The molecule has 0 aliphatic carbocycles. The van der Waals surface area contributed by atoms with Gasteiger partial charge in [0.25, 0.3) is 5.91 Å². The summed E-state index contributed by atoms with van der Waals surface area (Å²) < 4.78 is 12.7. The molecule has 0 aliphatic heterocycles. The normalized spacial score (nSPS) is 10.8. The van der Waals surface area contributed by atoms with Gasteiger partial charge in [-0.1, -0.05) is 29.3 Å². The van der Waals surface area contributed by atoms with E-state index in [0.29, 0.717) is 21.2 Å². The maximum atomic E-state index is 12.7. The third-order valence-corrected chi connectivity index (χ3v) is 3.00. The van der Waals surface area contributed by atoms with Gasteiger partial charge in [0, 0.05) is 16.1 Å². The summed E-state index contributed by atoms with van der Waals surface area (Å²) in [5.41, 5.74) is 3.26. The third kappa shape index (κ3) is 3.79. The predicted molar refractivity (Wildman–Crippen MR) is 77.9 cm³/mol. The van der Waals surface area contributed by atoms with Crippen LogP contribution in [0.1, 0.15) is 15.9 Å². The summed E-state index contributed by atoms with van der Waals surface area (Å²) in [4.78, 5) is 11.7. The van der Waals surface area contributed by atoms with E-state index in [1.54, 1.807) is 18.2 Å². The van der Waals surface area contributed by atoms with Gasteiger partial charge in [0.1, 0.15) is 5.82 Å². The monoisotopic (exact) mass is 310 g/mol. The first-order chi connectivity index (χ1) is 9.56. The van der Waals surface area contributed by atoms with Gasteiger partial charge in [-0.3, -0.25) is 4.79 Å². The van der Waals surface area contributed by atoms with Gasteiger partial charge >= 0.3 is 0 Å². The molecule has 2 rings (SSSR count). The van der Waals surface area contributed by atoms with Gasteiger partial charge in [-0.25, -0.2) is 9.82 Å². The highest BCUT2D eigenvalue weighted by Gasteiger charge is 2.04. The molecular formula is C14H9Cl2FN2O. The van der Waals surface area contributed by atoms with Crippen molar-refractivity contribution in [3.05, 3.63) is 69.5 Å². The van der Waals surface area contributed by atoms with Crippen molar-refractivity contribution < 1.29 is 9.18 Å². The van der Waals surface area contributed by atoms with Crippen LogP contribution in [0.3, 0.4) is 0 Å². The SMILES string of the molecule is O=C(NN=Cc1ccc(Cl)cc1Cl)c1ccc(F)cc1. The second-order valence-corrected chi connectivity index (χ2v) is 4.72. The number of nitrogens with one attached hydrogen (secondary N) is 1. The minimum atomic E-state index is -0.439. The van der Waals surface area contributed by atoms with E-state index in [-0.39, 0.29) is 0 Å². The first-order valence-electron chi connectivity index (χ1n) is 5.60. The number of carbonyl (C=O) groups excluding carboxylic acids is 1. The van der Waals surface area contributed by atoms with Crippen molar-refractivity contribution in [3.8, 4) is 0 Å². The van der Waals surface area contributed by atoms with Crippen molar-refractivity contribution in [2.75, 3.05) is 0 Å². The lowest BCUT2D eigenvalue weighted by atomic mass is 10.2. The van der Waals surface area contributed by atoms with Gasteiger partial charge in [-0.05, 0) is 36.4 Å². The zero-order valence-electron chi connectivity index (χ0n) is 10.1. The number of hydrogen-bond donors (Lipinski definition) is 1. The number of halogens is 3. The van der Waals surface area contributed by atoms with E-state index < -0.39 is 11.7 Å². The number of benzene rings is 2. The number of rotatable bonds is 3. The van der Waals surface area contributed by atoms with E-state index in [1.807, 2.05) is 0 Å². The smallest absolute Gasteiger partial charge is 0.267 e. The van der Waals surface area contributed by atoms with E-state index in [9.17, 15) is 9.18 Å². The van der Waals surface area contributed by atoms with Crippen LogP contribution in [0.2, 0.25) is 10.0 Å². The predicted octanol–water partition coefficient (Wildman–Crippen LogP) is 3.90. The van der Waals surface area contributed by atoms with E-state index in [1.165, 1.54) is 30.5 Å². The molecule has 0 heterocycles. The molecule has 0 atom stereocenters. The van der Waals surface area contributed by atoms with E-state index >= 15 is 0 Å². The van der Waals surface area contributed by atoms with Gasteiger partial charge in [0.05, 0.1) is 11.2 Å². The summed E-state index contributed by atoms with van der Waals surface area (Å²) in [5.74, 6) is -0.843. The third-order valence-electron chi connectivity index (χ3n) is 2.44. The Morgan fingerprint density at radius 3 is 2.50 bits per heavy atom. The second kappa shape index (κ2) is 6.50. The number of amides is 1. The number of nitrogens with zero attached hydrogens (tertiary/aromatic N) is 1. The Bertz CT molecular complexity index is 657. The fraction of sp³-hybridized carbons (Fsp3) is 0. The first-order valence-corrected chi connectivity index (χ1v) is 6.36. The summed E-state index contributed by atoms with van der Waals surface area (Å²) >= 11 is 11.7. The van der Waals surface area contributed by atoms with Crippen molar-refractivity contribution >= 4 is 35.3 Å². The molecule has 0 spiro atoms. The molecule has 0 saturated carbocycles. The Hall–Kier alpha value is -1.91. The Morgan fingerprint density at radius 1 is 1.15 bits per heavy atom. The average Bonchev–Trinajstić information content (AvgIpc) is 2.42. The lowest BCUT2D eigenvalue weighted by molar-refractivity contribution is 0.0955. The molecule has 0 bridgehead atoms. The highest BCUT2D eigenvalue weighted by molar-refractivity contribution is 6.36. The van der Waals surface area contributed by atoms with Crippen LogP contribution >= 0.6 is 23.2 Å². The molecule has 0 radical (unpaired) electrons. The summed E-state index contributed by atoms with van der Waals surface area (Å²) in [6.45, 7) is 0. The van der Waals surface area contributed by atoms with Crippen LogP contribution in [0.25, 0.3) is 0 Å². The van der Waals surface area contributed by atoms with E-state index in [2.05, 4.69) is 10.5 Å². The van der Waals surface area contributed by atoms with E-state index in [4.69, 9.17) is 23.2 Å². The van der Waals surface area contributed by atoms with Crippen molar-refractivity contribution in [3.63, 3.8) is 0 Å². The largest absolute Gasteiger partial charge is 0.271 e. The fourth-order valence-electron chi connectivity index (χ4n) is 1.43. The van der Waals surface area contributed by atoms with Crippen molar-refractivity contribution in [2.24, 2.45) is 5.10 Å². The number of hydrazone groups is 1. The summed E-state index contributed by atoms with van der Waals surface area (Å²) in [5, 5.41) is 4.73. The van der Waals surface area contributed by atoms with Crippen LogP contribution < -0.4 is 5.43 Å². The maximum absolute atomic E-state index is 12.7. The molecule has 0 fully saturated rings. The number of hydrogen-bond acceptors (Lipinski definition) is 2. The Labute approximate surface area is 125 Å². The van der Waals surface area contributed by atoms with Crippen molar-refractivity contribution in [1.29, 1.82) is 0 Å². The summed E-state index contributed by atoms with van der Waals surface area (Å²) in [7, 11) is 0. The van der Waals surface area contributed by atoms with Gasteiger partial charge in [-0.15, -0.1) is 0 Å². The molecule has 1 N–H and O–H groups in total. The van der Waals surface area contributed by atoms with Crippen LogP contribution in [-0.4, -0.2) is 12.1 Å². The Morgan fingerprint density at radius 2 is 1.85 bits per heavy atom. The minimum Gasteiger partial charge on any atom is -0.267 e. The molecule has 3 nitrogen and oxygen atoms in total. The Kier molecular flexibility index (Phi) is 4.71. The molecule has 0 aromatic heterocycles. The zero-order valence-corrected chi connectivity index (χ0v) is 11.6. The highest BCUT2D eigenvalue weighted by Crippen LogP contribution is 2.19. The molecular weight excluding hydrogens is 302 g/mol. The molecule has 20 heavy (non-hydrogen) atoms. The standard InChI is InChI=1S/C14H9Cl2FN2O/c15-11-4-1-10(13(16)7-11)8-18-19-14(20)9-2-5-12(17)6-3-9/h1-8H,(H,19,20). The zero-order chi connectivity index (χ0) is 14.5. The molecule has 2 aromatic rings. The van der Waals surface area contributed by atoms with Crippen LogP contribution in [0, 0.1) is 5.82 Å². The summed E-state index contributed by atoms with van der Waals surface area (Å²) in [6, 6.07) is 10.1. The van der Waals surface area contributed by atoms with E-state index in [0.717, 1.165) is 0 Å². The molecule has 102 valence electrons. The molecule has 0 saturated heterocycles. The Balaban J connectivity index is 2.02. The van der Waals surface area contributed by atoms with Crippen molar-refractivity contribution in [1.82, 2.24) is 5.43 Å². The van der Waals surface area contributed by atoms with Crippen LogP contribution in [0.5, 0.6) is 0 Å². The lowest BCUT2D eigenvalue weighted by Crippen LogP contribution is -2.17. The van der Waals surface area contributed by atoms with Gasteiger partial charge in [0.2, 0.25) is 0 Å². The van der Waals surface area contributed by atoms with Gasteiger partial charge in [-0.2, -0.15) is 5.10 Å². The van der Waals surface area contributed by atoms with Crippen LogP contribution in [-0.2, 0) is 0 Å². The maximum Gasteiger partial charge on any atom is 0.271 e. The second-order valence-electron chi connectivity index (χ2n) is 3.87. The summed E-state index contributed by atoms with van der Waals surface area (Å²) in [6.07, 6.45) is 1.40. The van der Waals surface area contributed by atoms with Crippen LogP contribution in [0.4, 0.5) is 4.39 Å². The molecule has 0 unspecified atom stereocenters.